The molecule has 1 heterocycles. The maximum Gasteiger partial charge on any atom is 0.397 e. The van der Waals surface area contributed by atoms with Crippen LogP contribution < -0.4 is 4.72 Å². The summed E-state index contributed by atoms with van der Waals surface area (Å²) in [6.45, 7) is -0.589. The summed E-state index contributed by atoms with van der Waals surface area (Å²) in [5.74, 6) is 0. The van der Waals surface area contributed by atoms with Gasteiger partial charge in [0, 0.05) is 13.5 Å². The van der Waals surface area contributed by atoms with Gasteiger partial charge in [0.2, 0.25) is 0 Å². The van der Waals surface area contributed by atoms with Crippen LogP contribution in [0.25, 0.3) is 0 Å². The first-order chi connectivity index (χ1) is 9.02. The van der Waals surface area contributed by atoms with Gasteiger partial charge in [-0.25, -0.2) is 4.18 Å². The summed E-state index contributed by atoms with van der Waals surface area (Å²) >= 11 is 0. The molecule has 1 fully saturated rings. The predicted octanol–water partition coefficient (Wildman–Crippen LogP) is -2.31. The van der Waals surface area contributed by atoms with Gasteiger partial charge in [-0.3, -0.25) is 9.11 Å². The van der Waals surface area contributed by atoms with Crippen molar-refractivity contribution in [1.82, 2.24) is 4.72 Å². The zero-order valence-electron chi connectivity index (χ0n) is 10.2. The highest BCUT2D eigenvalue weighted by Gasteiger charge is 2.40. The van der Waals surface area contributed by atoms with Crippen LogP contribution in [0.15, 0.2) is 0 Å². The van der Waals surface area contributed by atoms with Gasteiger partial charge in [0.15, 0.2) is 6.29 Å². The van der Waals surface area contributed by atoms with Crippen LogP contribution in [0.2, 0.25) is 0 Å². The second kappa shape index (κ2) is 6.59. The Bertz CT molecular complexity index is 516. The molecule has 1 rings (SSSR count). The van der Waals surface area contributed by atoms with Crippen LogP contribution in [0.1, 0.15) is 6.42 Å². The Hall–Kier alpha value is -0.380. The fourth-order valence-electron chi connectivity index (χ4n) is 1.70. The zero-order valence-corrected chi connectivity index (χ0v) is 11.9. The third-order valence-corrected chi connectivity index (χ3v) is 3.46. The Morgan fingerprint density at radius 2 is 1.90 bits per heavy atom. The van der Waals surface area contributed by atoms with E-state index in [2.05, 4.69) is 4.18 Å². The van der Waals surface area contributed by atoms with Crippen LogP contribution in [0.5, 0.6) is 0 Å². The van der Waals surface area contributed by atoms with Crippen LogP contribution in [-0.4, -0.2) is 69.3 Å². The molecular weight excluding hydrogens is 322 g/mol. The van der Waals surface area contributed by atoms with Gasteiger partial charge in [-0.15, -0.1) is 0 Å². The highest BCUT2D eigenvalue weighted by molar-refractivity contribution is 7.83. The Balaban J connectivity index is 2.70. The molecule has 1 aliphatic heterocycles. The summed E-state index contributed by atoms with van der Waals surface area (Å²) in [6, 6.07) is -1.28. The first-order valence-electron chi connectivity index (χ1n) is 5.24. The molecule has 0 saturated carbocycles. The third kappa shape index (κ3) is 5.94. The molecule has 1 aliphatic rings. The van der Waals surface area contributed by atoms with Gasteiger partial charge in [-0.2, -0.15) is 21.6 Å². The summed E-state index contributed by atoms with van der Waals surface area (Å²) < 4.78 is 75.1. The second-order valence-electron chi connectivity index (χ2n) is 4.00. The first kappa shape index (κ1) is 17.7. The molecule has 0 bridgehead atoms. The Labute approximate surface area is 115 Å². The van der Waals surface area contributed by atoms with E-state index in [1.165, 1.54) is 0 Å². The predicted molar refractivity (Wildman–Crippen MR) is 62.3 cm³/mol. The molecule has 1 saturated heterocycles. The van der Waals surface area contributed by atoms with Gasteiger partial charge in [0.1, 0.15) is 6.04 Å². The van der Waals surface area contributed by atoms with Crippen molar-refractivity contribution in [3.8, 4) is 0 Å². The number of hydrogen-bond donors (Lipinski definition) is 4. The number of rotatable bonds is 6. The van der Waals surface area contributed by atoms with E-state index in [0.717, 1.165) is 7.11 Å². The van der Waals surface area contributed by atoms with Crippen molar-refractivity contribution in [3.63, 3.8) is 0 Å². The first-order valence-corrected chi connectivity index (χ1v) is 8.05. The van der Waals surface area contributed by atoms with Crippen LogP contribution in [0.3, 0.4) is 0 Å². The molecule has 0 aromatic carbocycles. The molecule has 0 aliphatic carbocycles. The van der Waals surface area contributed by atoms with Gasteiger partial charge in [-0.05, 0) is 0 Å². The molecule has 0 radical (unpaired) electrons. The fourth-order valence-corrected chi connectivity index (χ4v) is 2.64. The maximum absolute atomic E-state index is 10.7. The number of hydrogen-bond acceptors (Lipinski definition) is 8. The van der Waals surface area contributed by atoms with Crippen molar-refractivity contribution < 1.29 is 44.7 Å². The van der Waals surface area contributed by atoms with Gasteiger partial charge >= 0.3 is 20.7 Å². The largest absolute Gasteiger partial charge is 0.397 e. The molecule has 0 aromatic rings. The highest BCUT2D eigenvalue weighted by atomic mass is 32.3. The highest BCUT2D eigenvalue weighted by Crippen LogP contribution is 2.22. The standard InChI is InChI=1S/C7H15NO10S2/c1-16-7-6(8-19(10,11)12)5(9)2-4(18-7)3-17-20(13,14)15/h4-9H,2-3H2,1H3,(H,10,11,12)(H,13,14,15)/t4?,5-,6?,7+/m1/s1. The van der Waals surface area contributed by atoms with Gasteiger partial charge in [0.05, 0.1) is 18.8 Å². The van der Waals surface area contributed by atoms with E-state index in [-0.39, 0.29) is 6.42 Å². The smallest absolute Gasteiger partial charge is 0.391 e. The topological polar surface area (TPSA) is 169 Å². The lowest BCUT2D eigenvalue weighted by Crippen LogP contribution is -2.58. The monoisotopic (exact) mass is 337 g/mol. The number of methoxy groups -OCH3 is 1. The van der Waals surface area contributed by atoms with Crippen molar-refractivity contribution in [1.29, 1.82) is 0 Å². The Morgan fingerprint density at radius 3 is 2.35 bits per heavy atom. The Morgan fingerprint density at radius 1 is 1.30 bits per heavy atom. The second-order valence-corrected chi connectivity index (χ2v) is 6.27. The number of ether oxygens (including phenoxy) is 2. The minimum atomic E-state index is -4.66. The number of nitrogens with one attached hydrogen (secondary N) is 1. The molecule has 0 spiro atoms. The third-order valence-electron chi connectivity index (χ3n) is 2.46. The molecule has 120 valence electrons. The average Bonchev–Trinajstić information content (AvgIpc) is 2.26. The van der Waals surface area contributed by atoms with E-state index in [1.54, 1.807) is 4.72 Å². The van der Waals surface area contributed by atoms with Crippen LogP contribution >= 0.6 is 0 Å². The van der Waals surface area contributed by atoms with Crippen LogP contribution in [0, 0.1) is 0 Å². The summed E-state index contributed by atoms with van der Waals surface area (Å²) in [6.07, 6.45) is -3.78. The van der Waals surface area contributed by atoms with Crippen molar-refractivity contribution in [2.24, 2.45) is 0 Å². The van der Waals surface area contributed by atoms with E-state index >= 15 is 0 Å². The van der Waals surface area contributed by atoms with E-state index in [0.29, 0.717) is 0 Å². The molecule has 4 atom stereocenters. The summed E-state index contributed by atoms with van der Waals surface area (Å²) in [7, 11) is -8.10. The Kier molecular flexibility index (Phi) is 5.82. The normalized spacial score (nSPS) is 32.2. The molecule has 2 unspecified atom stereocenters. The molecule has 11 nitrogen and oxygen atoms in total. The number of aliphatic hydroxyl groups is 1. The SMILES string of the molecule is CO[C@H]1OC(COS(=O)(=O)O)C[C@@H](O)C1NS(=O)(=O)O. The lowest BCUT2D eigenvalue weighted by molar-refractivity contribution is -0.222. The molecule has 20 heavy (non-hydrogen) atoms. The van der Waals surface area contributed by atoms with E-state index in [9.17, 15) is 21.9 Å². The molecule has 13 heteroatoms. The van der Waals surface area contributed by atoms with E-state index in [1.807, 2.05) is 0 Å². The fraction of sp³-hybridized carbons (Fsp3) is 1.00. The molecule has 4 N–H and O–H groups in total. The van der Waals surface area contributed by atoms with Crippen LogP contribution in [-0.2, 0) is 34.4 Å². The summed E-state index contributed by atoms with van der Waals surface area (Å²) in [5.41, 5.74) is 0. The minimum Gasteiger partial charge on any atom is -0.391 e. The molecular formula is C7H15NO10S2. The lowest BCUT2D eigenvalue weighted by atomic mass is 10.0. The molecule has 0 aromatic heterocycles. The van der Waals surface area contributed by atoms with Crippen molar-refractivity contribution >= 4 is 20.7 Å². The van der Waals surface area contributed by atoms with Gasteiger partial charge in [0.25, 0.3) is 0 Å². The summed E-state index contributed by atoms with van der Waals surface area (Å²) in [4.78, 5) is 0. The minimum absolute atomic E-state index is 0.206. The number of aliphatic hydroxyl groups excluding tert-OH is 1. The van der Waals surface area contributed by atoms with Gasteiger partial charge in [-0.1, -0.05) is 0 Å². The van der Waals surface area contributed by atoms with Crippen molar-refractivity contribution in [3.05, 3.63) is 0 Å². The average molecular weight is 337 g/mol. The maximum atomic E-state index is 10.7. The van der Waals surface area contributed by atoms with E-state index < -0.39 is 51.8 Å². The zero-order chi connectivity index (χ0) is 15.6. The van der Waals surface area contributed by atoms with Crippen molar-refractivity contribution in [2.45, 2.75) is 31.0 Å². The van der Waals surface area contributed by atoms with Crippen LogP contribution in [0.4, 0.5) is 0 Å². The summed E-state index contributed by atoms with van der Waals surface area (Å²) in [5, 5.41) is 9.77. The van der Waals surface area contributed by atoms with Crippen molar-refractivity contribution in [2.75, 3.05) is 13.7 Å². The van der Waals surface area contributed by atoms with E-state index in [4.69, 9.17) is 18.6 Å². The molecule has 0 amide bonds. The van der Waals surface area contributed by atoms with Gasteiger partial charge < -0.3 is 14.6 Å². The lowest BCUT2D eigenvalue weighted by Gasteiger charge is -2.38. The quantitative estimate of drug-likeness (QED) is 0.386.